The molecule has 0 bridgehead atoms. The van der Waals surface area contributed by atoms with E-state index in [0.29, 0.717) is 13.1 Å². The lowest BCUT2D eigenvalue weighted by atomic mass is 10.2. The maximum atomic E-state index is 12.6. The van der Waals surface area contributed by atoms with E-state index in [-0.39, 0.29) is 5.75 Å². The Morgan fingerprint density at radius 2 is 1.75 bits per heavy atom. The van der Waals surface area contributed by atoms with E-state index in [1.165, 1.54) is 5.56 Å². The highest BCUT2D eigenvalue weighted by molar-refractivity contribution is 7.88. The summed E-state index contributed by atoms with van der Waals surface area (Å²) in [7, 11) is -1.33. The highest BCUT2D eigenvalue weighted by Crippen LogP contribution is 2.16. The molecule has 2 aromatic rings. The van der Waals surface area contributed by atoms with Gasteiger partial charge in [0.05, 0.1) is 11.4 Å². The highest BCUT2D eigenvalue weighted by atomic mass is 32.2. The highest BCUT2D eigenvalue weighted by Gasteiger charge is 2.27. The van der Waals surface area contributed by atoms with Gasteiger partial charge < -0.3 is 0 Å². The van der Waals surface area contributed by atoms with Crippen molar-refractivity contribution < 1.29 is 8.42 Å². The van der Waals surface area contributed by atoms with Crippen molar-refractivity contribution in [2.24, 2.45) is 7.05 Å². The van der Waals surface area contributed by atoms with E-state index < -0.39 is 10.0 Å². The van der Waals surface area contributed by atoms with Gasteiger partial charge in [0.25, 0.3) is 0 Å². The van der Waals surface area contributed by atoms with Crippen molar-refractivity contribution in [2.45, 2.75) is 19.2 Å². The van der Waals surface area contributed by atoms with E-state index in [0.717, 1.165) is 30.9 Å². The van der Waals surface area contributed by atoms with E-state index >= 15 is 0 Å². The van der Waals surface area contributed by atoms with Crippen molar-refractivity contribution in [3.63, 3.8) is 0 Å². The van der Waals surface area contributed by atoms with Crippen LogP contribution in [0.2, 0.25) is 0 Å². The van der Waals surface area contributed by atoms with Gasteiger partial charge in [-0.2, -0.15) is 9.40 Å². The molecular weight excluding hydrogens is 324 g/mol. The molecule has 0 unspecified atom stereocenters. The van der Waals surface area contributed by atoms with Crippen molar-refractivity contribution in [3.05, 3.63) is 53.3 Å². The van der Waals surface area contributed by atoms with Gasteiger partial charge in [0.15, 0.2) is 0 Å². The summed E-state index contributed by atoms with van der Waals surface area (Å²) in [6, 6.07) is 9.37. The standard InChI is InChI=1S/C17H24N4O2S/c1-15-17(12-19(2)18-15)13-20-8-10-21(11-9-20)24(22,23)14-16-6-4-3-5-7-16/h3-7,12H,8-11,13-14H2,1-2H3. The van der Waals surface area contributed by atoms with Crippen LogP contribution in [0.5, 0.6) is 0 Å². The Labute approximate surface area is 143 Å². The zero-order chi connectivity index (χ0) is 17.2. The summed E-state index contributed by atoms with van der Waals surface area (Å²) in [6.07, 6.45) is 2.04. The van der Waals surface area contributed by atoms with Crippen molar-refractivity contribution in [1.29, 1.82) is 0 Å². The number of sulfonamides is 1. The van der Waals surface area contributed by atoms with E-state index in [4.69, 9.17) is 0 Å². The van der Waals surface area contributed by atoms with Crippen LogP contribution < -0.4 is 0 Å². The first kappa shape index (κ1) is 17.1. The number of hydrogen-bond donors (Lipinski definition) is 0. The van der Waals surface area contributed by atoms with Gasteiger partial charge in [-0.05, 0) is 12.5 Å². The number of hydrogen-bond acceptors (Lipinski definition) is 4. The Morgan fingerprint density at radius 3 is 2.33 bits per heavy atom. The molecule has 0 N–H and O–H groups in total. The Kier molecular flexibility index (Phi) is 5.03. The minimum absolute atomic E-state index is 0.0789. The lowest BCUT2D eigenvalue weighted by Crippen LogP contribution is -2.48. The van der Waals surface area contributed by atoms with Crippen LogP contribution in [-0.4, -0.2) is 53.6 Å². The van der Waals surface area contributed by atoms with Gasteiger partial charge in [-0.15, -0.1) is 0 Å². The molecule has 24 heavy (non-hydrogen) atoms. The number of benzene rings is 1. The van der Waals surface area contributed by atoms with Gasteiger partial charge in [0.2, 0.25) is 10.0 Å². The predicted octanol–water partition coefficient (Wildman–Crippen LogP) is 1.38. The summed E-state index contributed by atoms with van der Waals surface area (Å²) in [4.78, 5) is 2.29. The van der Waals surface area contributed by atoms with Gasteiger partial charge in [-0.1, -0.05) is 30.3 Å². The molecule has 3 rings (SSSR count). The van der Waals surface area contributed by atoms with Gasteiger partial charge >= 0.3 is 0 Å². The minimum Gasteiger partial charge on any atom is -0.296 e. The van der Waals surface area contributed by atoms with Crippen LogP contribution in [-0.2, 0) is 29.4 Å². The molecule has 1 aliphatic rings. The molecule has 1 saturated heterocycles. The smallest absolute Gasteiger partial charge is 0.218 e. The van der Waals surface area contributed by atoms with Crippen LogP contribution >= 0.6 is 0 Å². The second-order valence-electron chi connectivity index (χ2n) is 6.33. The maximum Gasteiger partial charge on any atom is 0.218 e. The third-order valence-corrected chi connectivity index (χ3v) is 6.28. The molecule has 0 aliphatic carbocycles. The van der Waals surface area contributed by atoms with Crippen LogP contribution in [0.4, 0.5) is 0 Å². The number of rotatable bonds is 5. The predicted molar refractivity (Wildman–Crippen MR) is 93.9 cm³/mol. The average Bonchev–Trinajstić information content (AvgIpc) is 2.86. The van der Waals surface area contributed by atoms with E-state index in [9.17, 15) is 8.42 Å². The van der Waals surface area contributed by atoms with E-state index in [1.54, 1.807) is 4.31 Å². The Balaban J connectivity index is 1.57. The largest absolute Gasteiger partial charge is 0.296 e. The first-order valence-electron chi connectivity index (χ1n) is 8.17. The van der Waals surface area contributed by atoms with Gasteiger partial charge in [0, 0.05) is 51.5 Å². The normalized spacial score (nSPS) is 17.2. The maximum absolute atomic E-state index is 12.6. The monoisotopic (exact) mass is 348 g/mol. The lowest BCUT2D eigenvalue weighted by molar-refractivity contribution is 0.181. The summed E-state index contributed by atoms with van der Waals surface area (Å²) >= 11 is 0. The molecule has 0 amide bonds. The molecular formula is C17H24N4O2S. The van der Waals surface area contributed by atoms with Gasteiger partial charge in [-0.25, -0.2) is 8.42 Å². The lowest BCUT2D eigenvalue weighted by Gasteiger charge is -2.33. The summed E-state index contributed by atoms with van der Waals surface area (Å²) in [6.45, 7) is 5.44. The van der Waals surface area contributed by atoms with Crippen molar-refractivity contribution in [2.75, 3.05) is 26.2 Å². The van der Waals surface area contributed by atoms with E-state index in [1.807, 2.05) is 55.2 Å². The zero-order valence-corrected chi connectivity index (χ0v) is 15.0. The molecule has 1 fully saturated rings. The van der Waals surface area contributed by atoms with Gasteiger partial charge in [-0.3, -0.25) is 9.58 Å². The van der Waals surface area contributed by atoms with Crippen LogP contribution in [0.1, 0.15) is 16.8 Å². The second kappa shape index (κ2) is 7.04. The third-order valence-electron chi connectivity index (χ3n) is 4.43. The molecule has 7 heteroatoms. The third kappa shape index (κ3) is 4.03. The molecule has 1 aromatic carbocycles. The van der Waals surface area contributed by atoms with Crippen molar-refractivity contribution in [3.8, 4) is 0 Å². The van der Waals surface area contributed by atoms with Crippen molar-refractivity contribution in [1.82, 2.24) is 19.0 Å². The fraction of sp³-hybridized carbons (Fsp3) is 0.471. The number of piperazine rings is 1. The molecule has 0 radical (unpaired) electrons. The number of aromatic nitrogens is 2. The molecule has 1 aromatic heterocycles. The second-order valence-corrected chi connectivity index (χ2v) is 8.30. The quantitative estimate of drug-likeness (QED) is 0.819. The van der Waals surface area contributed by atoms with Crippen LogP contribution in [0, 0.1) is 6.92 Å². The number of aryl methyl sites for hydroxylation is 2. The van der Waals surface area contributed by atoms with Crippen LogP contribution in [0.15, 0.2) is 36.5 Å². The minimum atomic E-state index is -3.25. The number of nitrogens with zero attached hydrogens (tertiary/aromatic N) is 4. The summed E-state index contributed by atoms with van der Waals surface area (Å²) in [5.74, 6) is 0.0789. The topological polar surface area (TPSA) is 58.4 Å². The molecule has 0 atom stereocenters. The summed E-state index contributed by atoms with van der Waals surface area (Å²) in [5.41, 5.74) is 3.08. The SMILES string of the molecule is Cc1nn(C)cc1CN1CCN(S(=O)(=O)Cc2ccccc2)CC1. The van der Waals surface area contributed by atoms with Crippen LogP contribution in [0.3, 0.4) is 0 Å². The first-order chi connectivity index (χ1) is 11.4. The van der Waals surface area contributed by atoms with Crippen molar-refractivity contribution >= 4 is 10.0 Å². The average molecular weight is 348 g/mol. The van der Waals surface area contributed by atoms with Gasteiger partial charge in [0.1, 0.15) is 0 Å². The Bertz CT molecular complexity index is 778. The Morgan fingerprint density at radius 1 is 1.08 bits per heavy atom. The zero-order valence-electron chi connectivity index (χ0n) is 14.2. The molecule has 0 saturated carbocycles. The molecule has 6 nitrogen and oxygen atoms in total. The molecule has 1 aliphatic heterocycles. The molecule has 0 spiro atoms. The van der Waals surface area contributed by atoms with E-state index in [2.05, 4.69) is 10.00 Å². The fourth-order valence-corrected chi connectivity index (χ4v) is 4.60. The Hall–Kier alpha value is -1.70. The molecule has 130 valence electrons. The fourth-order valence-electron chi connectivity index (χ4n) is 3.09. The summed E-state index contributed by atoms with van der Waals surface area (Å²) < 4.78 is 28.6. The van der Waals surface area contributed by atoms with Crippen LogP contribution in [0.25, 0.3) is 0 Å². The summed E-state index contributed by atoms with van der Waals surface area (Å²) in [5, 5.41) is 4.36. The first-order valence-corrected chi connectivity index (χ1v) is 9.78. The molecule has 2 heterocycles.